The molecule has 5 rings (SSSR count). The molecule has 0 bridgehead atoms. The monoisotopic (exact) mass is 620 g/mol. The molecule has 0 unspecified atom stereocenters. The van der Waals surface area contributed by atoms with Gasteiger partial charge in [0.2, 0.25) is 5.91 Å². The Morgan fingerprint density at radius 2 is 1.77 bits per heavy atom. The number of piperidine rings is 1. The normalized spacial score (nSPS) is 22.3. The summed E-state index contributed by atoms with van der Waals surface area (Å²) in [6.07, 6.45) is 9.22. The van der Waals surface area contributed by atoms with Crippen LogP contribution < -0.4 is 0 Å². The van der Waals surface area contributed by atoms with Crippen LogP contribution in [0.5, 0.6) is 0 Å². The van der Waals surface area contributed by atoms with Gasteiger partial charge in [0.05, 0.1) is 5.69 Å². The number of rotatable bonds is 3. The first-order chi connectivity index (χ1) is 16.7. The van der Waals surface area contributed by atoms with E-state index in [4.69, 9.17) is 16.6 Å². The summed E-state index contributed by atoms with van der Waals surface area (Å²) in [6.45, 7) is 3.91. The summed E-state index contributed by atoms with van der Waals surface area (Å²) < 4.78 is 2.06. The van der Waals surface area contributed by atoms with Crippen molar-refractivity contribution in [1.82, 2.24) is 9.88 Å². The maximum atomic E-state index is 13.1. The lowest BCUT2D eigenvalue weighted by Gasteiger charge is -2.45. The number of likely N-dealkylation sites (tertiary alicyclic amines) is 1. The van der Waals surface area contributed by atoms with Crippen LogP contribution in [-0.2, 0) is 22.4 Å². The summed E-state index contributed by atoms with van der Waals surface area (Å²) >= 11 is 13.9. The lowest BCUT2D eigenvalue weighted by atomic mass is 9.65. The third kappa shape index (κ3) is 5.26. The fraction of sp³-hybridized carbons (Fsp3) is 0.536. The molecule has 1 aromatic heterocycles. The number of carbonyl (C=O) groups excluding carboxylic acids is 2. The summed E-state index contributed by atoms with van der Waals surface area (Å²) in [5.41, 5.74) is 5.01. The van der Waals surface area contributed by atoms with E-state index in [1.54, 1.807) is 0 Å². The minimum Gasteiger partial charge on any atom is -0.343 e. The van der Waals surface area contributed by atoms with Gasteiger partial charge in [0.25, 0.3) is 0 Å². The minimum absolute atomic E-state index is 0.0287. The van der Waals surface area contributed by atoms with Crippen molar-refractivity contribution >= 4 is 55.2 Å². The number of aryl methyl sites for hydroxylation is 2. The van der Waals surface area contributed by atoms with Crippen molar-refractivity contribution < 1.29 is 9.59 Å². The minimum atomic E-state index is -0.0287. The van der Waals surface area contributed by atoms with Crippen molar-refractivity contribution in [2.45, 2.75) is 70.6 Å². The van der Waals surface area contributed by atoms with Gasteiger partial charge in [-0.2, -0.15) is 0 Å². The van der Waals surface area contributed by atoms with Crippen LogP contribution in [0, 0.1) is 11.3 Å². The number of benzene rings is 1. The number of hydrogen-bond acceptors (Lipinski definition) is 3. The van der Waals surface area contributed by atoms with Crippen molar-refractivity contribution in [1.29, 1.82) is 0 Å². The molecule has 0 N–H and O–H groups in total. The number of nitrogens with zero attached hydrogens (tertiary/aromatic N) is 2. The zero-order valence-corrected chi connectivity index (χ0v) is 24.0. The Kier molecular flexibility index (Phi) is 7.45. The van der Waals surface area contributed by atoms with Crippen LogP contribution in [0.2, 0.25) is 5.02 Å². The summed E-state index contributed by atoms with van der Waals surface area (Å²) in [7, 11) is 0. The first-order valence-electron chi connectivity index (χ1n) is 12.6. The molecule has 1 aliphatic heterocycles. The van der Waals surface area contributed by atoms with Crippen molar-refractivity contribution in [3.05, 3.63) is 60.7 Å². The summed E-state index contributed by atoms with van der Waals surface area (Å²) in [5.74, 6) is 1.09. The van der Waals surface area contributed by atoms with Crippen molar-refractivity contribution in [2.24, 2.45) is 11.3 Å². The third-order valence-electron chi connectivity index (χ3n) is 8.46. The lowest BCUT2D eigenvalue weighted by Crippen LogP contribution is -2.45. The van der Waals surface area contributed by atoms with Gasteiger partial charge in [-0.05, 0) is 101 Å². The van der Waals surface area contributed by atoms with E-state index < -0.39 is 0 Å². The molecule has 2 aliphatic carbocycles. The number of pyridine rings is 1. The second-order valence-corrected chi connectivity index (χ2v) is 13.0. The molecule has 1 saturated heterocycles. The van der Waals surface area contributed by atoms with Crippen molar-refractivity contribution in [3.8, 4) is 0 Å². The van der Waals surface area contributed by atoms with E-state index in [0.717, 1.165) is 71.3 Å². The SMILES string of the molecule is CC1([C@H]2c3ncc(Br)cc3CCc3cc(Cl)cc(Br)c32)CCN(C(=O)CC2CCC(=O)CC2)CC1. The molecule has 186 valence electrons. The Bertz CT molecular complexity index is 1150. The number of fused-ring (bicyclic) bond motifs is 2. The number of carbonyl (C=O) groups is 2. The Morgan fingerprint density at radius 1 is 1.09 bits per heavy atom. The van der Waals surface area contributed by atoms with E-state index in [9.17, 15) is 9.59 Å². The molecule has 2 heterocycles. The van der Waals surface area contributed by atoms with Gasteiger partial charge in [-0.3, -0.25) is 14.6 Å². The van der Waals surface area contributed by atoms with E-state index in [1.807, 2.05) is 12.3 Å². The Balaban J connectivity index is 1.40. The molecule has 7 heteroatoms. The molecule has 1 atom stereocenters. The van der Waals surface area contributed by atoms with E-state index in [-0.39, 0.29) is 17.2 Å². The third-order valence-corrected chi connectivity index (χ3v) is 9.76. The van der Waals surface area contributed by atoms with Gasteiger partial charge < -0.3 is 4.90 Å². The van der Waals surface area contributed by atoms with Crippen molar-refractivity contribution in [3.63, 3.8) is 0 Å². The van der Waals surface area contributed by atoms with Gasteiger partial charge in [0.15, 0.2) is 0 Å². The maximum absolute atomic E-state index is 13.1. The number of aromatic nitrogens is 1. The van der Waals surface area contributed by atoms with Crippen LogP contribution in [0.15, 0.2) is 33.3 Å². The summed E-state index contributed by atoms with van der Waals surface area (Å²) in [6, 6.07) is 6.34. The average molecular weight is 623 g/mol. The average Bonchev–Trinajstić information content (AvgIpc) is 2.98. The predicted molar refractivity (Wildman–Crippen MR) is 146 cm³/mol. The number of hydrogen-bond donors (Lipinski definition) is 0. The van der Waals surface area contributed by atoms with Crippen LogP contribution >= 0.6 is 43.5 Å². The van der Waals surface area contributed by atoms with E-state index >= 15 is 0 Å². The molecule has 0 spiro atoms. The molecule has 1 aromatic carbocycles. The zero-order chi connectivity index (χ0) is 24.7. The van der Waals surface area contributed by atoms with Gasteiger partial charge in [-0.1, -0.05) is 34.5 Å². The maximum Gasteiger partial charge on any atom is 0.222 e. The Labute approximate surface area is 229 Å². The van der Waals surface area contributed by atoms with E-state index in [0.29, 0.717) is 31.0 Å². The lowest BCUT2D eigenvalue weighted by molar-refractivity contribution is -0.135. The molecule has 2 aromatic rings. The number of ketones is 1. The fourth-order valence-electron chi connectivity index (χ4n) is 6.34. The fourth-order valence-corrected chi connectivity index (χ4v) is 7.82. The van der Waals surface area contributed by atoms with Gasteiger partial charge in [0, 0.05) is 58.4 Å². The van der Waals surface area contributed by atoms with Gasteiger partial charge >= 0.3 is 0 Å². The summed E-state index contributed by atoms with van der Waals surface area (Å²) in [4.78, 5) is 31.7. The highest BCUT2D eigenvalue weighted by Crippen LogP contribution is 2.52. The zero-order valence-electron chi connectivity index (χ0n) is 20.1. The first-order valence-corrected chi connectivity index (χ1v) is 14.6. The summed E-state index contributed by atoms with van der Waals surface area (Å²) in [5, 5.41) is 0.754. The van der Waals surface area contributed by atoms with Gasteiger partial charge in [-0.25, -0.2) is 0 Å². The Hall–Kier alpha value is -1.24. The quantitative estimate of drug-likeness (QED) is 0.362. The predicted octanol–water partition coefficient (Wildman–Crippen LogP) is 7.27. The molecule has 1 amide bonds. The molecular formula is C28H31Br2ClN2O2. The van der Waals surface area contributed by atoms with Crippen LogP contribution in [0.25, 0.3) is 0 Å². The van der Waals surface area contributed by atoms with Crippen LogP contribution in [0.4, 0.5) is 0 Å². The van der Waals surface area contributed by atoms with Crippen LogP contribution in [0.3, 0.4) is 0 Å². The van der Waals surface area contributed by atoms with Crippen LogP contribution in [-0.4, -0.2) is 34.7 Å². The highest BCUT2D eigenvalue weighted by Gasteiger charge is 2.44. The second-order valence-electron chi connectivity index (χ2n) is 10.8. The largest absolute Gasteiger partial charge is 0.343 e. The number of halogens is 3. The molecular weight excluding hydrogens is 592 g/mol. The molecule has 1 saturated carbocycles. The van der Waals surface area contributed by atoms with E-state index in [1.165, 1.54) is 16.7 Å². The molecule has 4 nitrogen and oxygen atoms in total. The second kappa shape index (κ2) is 10.3. The molecule has 0 radical (unpaired) electrons. The molecule has 35 heavy (non-hydrogen) atoms. The highest BCUT2D eigenvalue weighted by molar-refractivity contribution is 9.10. The van der Waals surface area contributed by atoms with E-state index in [2.05, 4.69) is 55.8 Å². The topological polar surface area (TPSA) is 50.3 Å². The van der Waals surface area contributed by atoms with Gasteiger partial charge in [-0.15, -0.1) is 0 Å². The number of Topliss-reactive ketones (excluding diaryl/α,β-unsaturated/α-hetero) is 1. The van der Waals surface area contributed by atoms with Crippen LogP contribution in [0.1, 0.15) is 80.2 Å². The number of amides is 1. The standard InChI is InChI=1S/C28H31Br2ClN2O2/c1-28(8-10-33(11-9-28)24(35)12-17-2-6-22(34)7-3-17)26-25-18(14-21(31)15-23(25)30)4-5-19-13-20(29)16-32-27(19)26/h13-17,26H,2-12H2,1H3/t26-/m1/s1. The van der Waals surface area contributed by atoms with Crippen molar-refractivity contribution in [2.75, 3.05) is 13.1 Å². The van der Waals surface area contributed by atoms with Gasteiger partial charge in [0.1, 0.15) is 5.78 Å². The Morgan fingerprint density at radius 3 is 2.49 bits per heavy atom. The molecule has 2 fully saturated rings. The smallest absolute Gasteiger partial charge is 0.222 e. The molecule has 3 aliphatic rings. The first kappa shape index (κ1) is 25.4. The highest BCUT2D eigenvalue weighted by atomic mass is 79.9.